The van der Waals surface area contributed by atoms with Gasteiger partial charge in [0.15, 0.2) is 11.5 Å². The van der Waals surface area contributed by atoms with Gasteiger partial charge in [0.2, 0.25) is 5.91 Å². The van der Waals surface area contributed by atoms with Gasteiger partial charge in [-0.15, -0.1) is 0 Å². The summed E-state index contributed by atoms with van der Waals surface area (Å²) in [6.07, 6.45) is -0.148. The molecule has 2 aromatic rings. The Kier molecular flexibility index (Phi) is 6.90. The Hall–Kier alpha value is -3.39. The molecular formula is C19H20N2O6. The summed E-state index contributed by atoms with van der Waals surface area (Å²) < 4.78 is 5.08. The van der Waals surface area contributed by atoms with E-state index < -0.39 is 29.6 Å². The highest BCUT2D eigenvalue weighted by atomic mass is 16.5. The molecule has 0 aliphatic carbocycles. The maximum Gasteiger partial charge on any atom is 0.323 e. The summed E-state index contributed by atoms with van der Waals surface area (Å²) in [7, 11) is 0. The summed E-state index contributed by atoms with van der Waals surface area (Å²) in [5.74, 6) is -2.85. The number of phenolic OH excluding ortho intramolecular Hbond substituents is 2. The summed E-state index contributed by atoms with van der Waals surface area (Å²) in [5, 5.41) is 20.7. The predicted molar refractivity (Wildman–Crippen MR) is 95.7 cm³/mol. The lowest BCUT2D eigenvalue weighted by molar-refractivity contribution is -0.146. The lowest BCUT2D eigenvalue weighted by Crippen LogP contribution is -2.35. The van der Waals surface area contributed by atoms with Crippen molar-refractivity contribution in [3.63, 3.8) is 0 Å². The van der Waals surface area contributed by atoms with Crippen molar-refractivity contribution < 1.29 is 29.3 Å². The number of amides is 2. The molecule has 142 valence electrons. The zero-order valence-electron chi connectivity index (χ0n) is 14.4. The predicted octanol–water partition coefficient (Wildman–Crippen LogP) is 1.21. The molecule has 0 saturated heterocycles. The Labute approximate surface area is 155 Å². The molecule has 0 fully saturated rings. The SMILES string of the molecule is N[C@@H](CCC(=O)NC(=O)c1ccc(O)c(O)c1)C(=O)OCc1ccccc1. The van der Waals surface area contributed by atoms with Gasteiger partial charge in [-0.1, -0.05) is 30.3 Å². The molecule has 8 nitrogen and oxygen atoms in total. The van der Waals surface area contributed by atoms with Crippen molar-refractivity contribution in [3.05, 3.63) is 59.7 Å². The largest absolute Gasteiger partial charge is 0.504 e. The highest BCUT2D eigenvalue weighted by Crippen LogP contribution is 2.24. The second-order valence-electron chi connectivity index (χ2n) is 5.82. The topological polar surface area (TPSA) is 139 Å². The van der Waals surface area contributed by atoms with Gasteiger partial charge in [-0.25, -0.2) is 0 Å². The normalized spacial score (nSPS) is 11.4. The Morgan fingerprint density at radius 3 is 2.41 bits per heavy atom. The van der Waals surface area contributed by atoms with Crippen molar-refractivity contribution >= 4 is 17.8 Å². The fourth-order valence-electron chi connectivity index (χ4n) is 2.17. The molecule has 8 heteroatoms. The van der Waals surface area contributed by atoms with Crippen LogP contribution in [0.4, 0.5) is 0 Å². The number of phenols is 2. The second kappa shape index (κ2) is 9.35. The number of imide groups is 1. The van der Waals surface area contributed by atoms with Crippen LogP contribution in [0.2, 0.25) is 0 Å². The van der Waals surface area contributed by atoms with Gasteiger partial charge in [-0.2, -0.15) is 0 Å². The van der Waals surface area contributed by atoms with Gasteiger partial charge in [0.1, 0.15) is 12.6 Å². The van der Waals surface area contributed by atoms with Crippen LogP contribution in [0.1, 0.15) is 28.8 Å². The number of hydrogen-bond donors (Lipinski definition) is 4. The summed E-state index contributed by atoms with van der Waals surface area (Å²) in [6.45, 7) is 0.0857. The van der Waals surface area contributed by atoms with Crippen molar-refractivity contribution in [1.29, 1.82) is 0 Å². The summed E-state index contributed by atoms with van der Waals surface area (Å²) in [6, 6.07) is 11.5. The lowest BCUT2D eigenvalue weighted by Gasteiger charge is -2.11. The molecule has 0 unspecified atom stereocenters. The molecule has 0 radical (unpaired) electrons. The van der Waals surface area contributed by atoms with Gasteiger partial charge >= 0.3 is 5.97 Å². The molecule has 2 aromatic carbocycles. The molecule has 0 aromatic heterocycles. The van der Waals surface area contributed by atoms with Crippen molar-refractivity contribution in [2.45, 2.75) is 25.5 Å². The molecule has 0 aliphatic heterocycles. The third-order valence-electron chi connectivity index (χ3n) is 3.70. The number of ether oxygens (including phenoxy) is 1. The first-order valence-electron chi connectivity index (χ1n) is 8.19. The molecule has 2 amide bonds. The maximum absolute atomic E-state index is 11.9. The molecule has 0 bridgehead atoms. The van der Waals surface area contributed by atoms with E-state index in [0.29, 0.717) is 0 Å². The maximum atomic E-state index is 11.9. The van der Waals surface area contributed by atoms with E-state index in [2.05, 4.69) is 5.32 Å². The molecule has 0 heterocycles. The average molecular weight is 372 g/mol. The minimum atomic E-state index is -0.993. The van der Waals surface area contributed by atoms with Gasteiger partial charge in [-0.05, 0) is 30.2 Å². The number of rotatable bonds is 7. The van der Waals surface area contributed by atoms with Crippen LogP contribution in [0.25, 0.3) is 0 Å². The van der Waals surface area contributed by atoms with E-state index in [1.165, 1.54) is 6.07 Å². The quantitative estimate of drug-likeness (QED) is 0.423. The minimum Gasteiger partial charge on any atom is -0.504 e. The molecular weight excluding hydrogens is 352 g/mol. The van der Waals surface area contributed by atoms with Crippen LogP contribution in [0.15, 0.2) is 48.5 Å². The zero-order valence-corrected chi connectivity index (χ0v) is 14.4. The van der Waals surface area contributed by atoms with Crippen molar-refractivity contribution in [2.24, 2.45) is 5.73 Å². The highest BCUT2D eigenvalue weighted by molar-refractivity contribution is 6.05. The fraction of sp³-hybridized carbons (Fsp3) is 0.211. The standard InChI is InChI=1S/C19H20N2O6/c20-14(19(26)27-11-12-4-2-1-3-5-12)7-9-17(24)21-18(25)13-6-8-15(22)16(23)10-13/h1-6,8,10,14,22-23H,7,9,11,20H2,(H,21,24,25)/t14-/m0/s1. The van der Waals surface area contributed by atoms with Crippen LogP contribution in [0.5, 0.6) is 11.5 Å². The van der Waals surface area contributed by atoms with Crippen LogP contribution >= 0.6 is 0 Å². The van der Waals surface area contributed by atoms with E-state index >= 15 is 0 Å². The van der Waals surface area contributed by atoms with Crippen LogP contribution in [-0.4, -0.2) is 34.0 Å². The molecule has 27 heavy (non-hydrogen) atoms. The highest BCUT2D eigenvalue weighted by Gasteiger charge is 2.18. The van der Waals surface area contributed by atoms with E-state index in [1.807, 2.05) is 18.2 Å². The molecule has 0 saturated carbocycles. The number of aromatic hydroxyl groups is 2. The number of nitrogens with two attached hydrogens (primary N) is 1. The Bertz CT molecular complexity index is 822. The summed E-state index contributed by atoms with van der Waals surface area (Å²) in [5.41, 5.74) is 6.53. The summed E-state index contributed by atoms with van der Waals surface area (Å²) >= 11 is 0. The Morgan fingerprint density at radius 2 is 1.74 bits per heavy atom. The van der Waals surface area contributed by atoms with Crippen LogP contribution in [0, 0.1) is 0 Å². The third-order valence-corrected chi connectivity index (χ3v) is 3.70. The van der Waals surface area contributed by atoms with E-state index in [1.54, 1.807) is 12.1 Å². The first kappa shape index (κ1) is 19.9. The first-order chi connectivity index (χ1) is 12.9. The Balaban J connectivity index is 1.75. The fourth-order valence-corrected chi connectivity index (χ4v) is 2.17. The number of hydrogen-bond acceptors (Lipinski definition) is 7. The van der Waals surface area contributed by atoms with E-state index in [4.69, 9.17) is 10.5 Å². The first-order valence-corrected chi connectivity index (χ1v) is 8.19. The van der Waals surface area contributed by atoms with Crippen molar-refractivity contribution in [1.82, 2.24) is 5.32 Å². The van der Waals surface area contributed by atoms with E-state index in [-0.39, 0.29) is 30.8 Å². The van der Waals surface area contributed by atoms with Gasteiger partial charge in [0, 0.05) is 12.0 Å². The van der Waals surface area contributed by atoms with Crippen LogP contribution < -0.4 is 11.1 Å². The zero-order chi connectivity index (χ0) is 19.8. The number of carbonyl (C=O) groups is 3. The molecule has 1 atom stereocenters. The van der Waals surface area contributed by atoms with Gasteiger partial charge < -0.3 is 20.7 Å². The molecule has 2 rings (SSSR count). The smallest absolute Gasteiger partial charge is 0.323 e. The average Bonchev–Trinajstić information content (AvgIpc) is 2.67. The van der Waals surface area contributed by atoms with Crippen LogP contribution in [-0.2, 0) is 20.9 Å². The molecule has 0 aliphatic rings. The van der Waals surface area contributed by atoms with Gasteiger partial charge in [0.25, 0.3) is 5.91 Å². The molecule has 0 spiro atoms. The molecule has 5 N–H and O–H groups in total. The third kappa shape index (κ3) is 6.12. The number of esters is 1. The number of carbonyl (C=O) groups excluding carboxylic acids is 3. The second-order valence-corrected chi connectivity index (χ2v) is 5.82. The van der Waals surface area contributed by atoms with Crippen molar-refractivity contribution in [2.75, 3.05) is 0 Å². The monoisotopic (exact) mass is 372 g/mol. The van der Waals surface area contributed by atoms with Crippen molar-refractivity contribution in [3.8, 4) is 11.5 Å². The van der Waals surface area contributed by atoms with Gasteiger partial charge in [0.05, 0.1) is 0 Å². The number of benzene rings is 2. The lowest BCUT2D eigenvalue weighted by atomic mass is 10.1. The Morgan fingerprint density at radius 1 is 1.04 bits per heavy atom. The van der Waals surface area contributed by atoms with Gasteiger partial charge in [-0.3, -0.25) is 19.7 Å². The van der Waals surface area contributed by atoms with Crippen LogP contribution in [0.3, 0.4) is 0 Å². The van der Waals surface area contributed by atoms with E-state index in [9.17, 15) is 24.6 Å². The van der Waals surface area contributed by atoms with E-state index in [0.717, 1.165) is 17.7 Å². The minimum absolute atomic E-state index is 0.00483. The summed E-state index contributed by atoms with van der Waals surface area (Å²) in [4.78, 5) is 35.6. The number of nitrogens with one attached hydrogen (secondary N) is 1.